The average Bonchev–Trinajstić information content (AvgIpc) is 2.39. The molecule has 1 amide bonds. The van der Waals surface area contributed by atoms with Gasteiger partial charge in [0, 0.05) is 3.57 Å². The Labute approximate surface area is 138 Å². The SMILES string of the molecule is COc1cc(I)c(Cl)cc1C(=O)NC(CO)CC(C)C. The quantitative estimate of drug-likeness (QED) is 0.707. The van der Waals surface area contributed by atoms with Gasteiger partial charge in [0.25, 0.3) is 5.91 Å². The second-order valence-electron chi connectivity index (χ2n) is 4.95. The van der Waals surface area contributed by atoms with Crippen molar-refractivity contribution in [2.24, 2.45) is 5.92 Å². The second-order valence-corrected chi connectivity index (χ2v) is 6.52. The van der Waals surface area contributed by atoms with Crippen molar-refractivity contribution < 1.29 is 14.6 Å². The second kappa shape index (κ2) is 8.05. The van der Waals surface area contributed by atoms with E-state index in [1.807, 2.05) is 13.8 Å². The summed E-state index contributed by atoms with van der Waals surface area (Å²) in [6, 6.07) is 3.03. The number of carbonyl (C=O) groups is 1. The molecule has 0 saturated carbocycles. The number of nitrogens with one attached hydrogen (secondary N) is 1. The number of hydrogen-bond acceptors (Lipinski definition) is 3. The maximum Gasteiger partial charge on any atom is 0.255 e. The van der Waals surface area contributed by atoms with E-state index in [1.54, 1.807) is 12.1 Å². The maximum atomic E-state index is 12.3. The first-order chi connectivity index (χ1) is 9.38. The fourth-order valence-electron chi connectivity index (χ4n) is 1.89. The topological polar surface area (TPSA) is 58.6 Å². The van der Waals surface area contributed by atoms with Crippen molar-refractivity contribution in [1.29, 1.82) is 0 Å². The first-order valence-electron chi connectivity index (χ1n) is 6.33. The summed E-state index contributed by atoms with van der Waals surface area (Å²) in [5, 5.41) is 12.6. The molecule has 112 valence electrons. The minimum Gasteiger partial charge on any atom is -0.496 e. The minimum atomic E-state index is -0.292. The number of rotatable bonds is 6. The molecule has 1 aromatic carbocycles. The van der Waals surface area contributed by atoms with Crippen LogP contribution in [0.25, 0.3) is 0 Å². The molecule has 0 bridgehead atoms. The molecule has 0 radical (unpaired) electrons. The van der Waals surface area contributed by atoms with Gasteiger partial charge in [-0.1, -0.05) is 25.4 Å². The Hall–Kier alpha value is -0.530. The highest BCUT2D eigenvalue weighted by Gasteiger charge is 2.19. The van der Waals surface area contributed by atoms with Gasteiger partial charge >= 0.3 is 0 Å². The summed E-state index contributed by atoms with van der Waals surface area (Å²) < 4.78 is 6.03. The third-order valence-corrected chi connectivity index (χ3v) is 4.32. The standard InChI is InChI=1S/C14H19ClINO3/c1-8(2)4-9(7-18)17-14(19)10-5-11(15)12(16)6-13(10)20-3/h5-6,8-9,18H,4,7H2,1-3H3,(H,17,19). The van der Waals surface area contributed by atoms with Crippen molar-refractivity contribution in [3.8, 4) is 5.75 Å². The van der Waals surface area contributed by atoms with Crippen molar-refractivity contribution in [3.63, 3.8) is 0 Å². The van der Waals surface area contributed by atoms with Crippen molar-refractivity contribution in [2.45, 2.75) is 26.3 Å². The third kappa shape index (κ3) is 4.79. The molecule has 0 aliphatic rings. The molecule has 0 aliphatic carbocycles. The molecule has 6 heteroatoms. The van der Waals surface area contributed by atoms with E-state index < -0.39 is 0 Å². The Bertz CT molecular complexity index is 480. The van der Waals surface area contributed by atoms with Gasteiger partial charge in [-0.2, -0.15) is 0 Å². The molecule has 4 nitrogen and oxygen atoms in total. The zero-order valence-electron chi connectivity index (χ0n) is 11.7. The zero-order chi connectivity index (χ0) is 15.3. The molecule has 2 N–H and O–H groups in total. The van der Waals surface area contributed by atoms with E-state index in [-0.39, 0.29) is 18.6 Å². The smallest absolute Gasteiger partial charge is 0.255 e. The molecule has 0 aromatic heterocycles. The van der Waals surface area contributed by atoms with E-state index in [4.69, 9.17) is 16.3 Å². The number of amides is 1. The van der Waals surface area contributed by atoms with Gasteiger partial charge in [-0.05, 0) is 47.1 Å². The van der Waals surface area contributed by atoms with Crippen LogP contribution in [-0.2, 0) is 0 Å². The number of halogens is 2. The van der Waals surface area contributed by atoms with Crippen LogP contribution in [0, 0.1) is 9.49 Å². The molecular weight excluding hydrogens is 393 g/mol. The summed E-state index contributed by atoms with van der Waals surface area (Å²) in [4.78, 5) is 12.3. The lowest BCUT2D eigenvalue weighted by molar-refractivity contribution is 0.0905. The average molecular weight is 412 g/mol. The highest BCUT2D eigenvalue weighted by atomic mass is 127. The van der Waals surface area contributed by atoms with E-state index in [9.17, 15) is 9.90 Å². The van der Waals surface area contributed by atoms with E-state index in [2.05, 4.69) is 27.9 Å². The van der Waals surface area contributed by atoms with Crippen LogP contribution < -0.4 is 10.1 Å². The Morgan fingerprint density at radius 2 is 2.15 bits per heavy atom. The molecule has 0 aliphatic heterocycles. The molecule has 0 saturated heterocycles. The first kappa shape index (κ1) is 17.5. The Morgan fingerprint density at radius 3 is 2.65 bits per heavy atom. The molecule has 1 unspecified atom stereocenters. The number of methoxy groups -OCH3 is 1. The van der Waals surface area contributed by atoms with Gasteiger partial charge in [0.1, 0.15) is 5.75 Å². The fraction of sp³-hybridized carbons (Fsp3) is 0.500. The molecule has 1 atom stereocenters. The van der Waals surface area contributed by atoms with Gasteiger partial charge in [-0.15, -0.1) is 0 Å². The van der Waals surface area contributed by atoms with Crippen molar-refractivity contribution >= 4 is 40.1 Å². The van der Waals surface area contributed by atoms with E-state index in [1.165, 1.54) is 7.11 Å². The number of ether oxygens (including phenoxy) is 1. The molecule has 1 aromatic rings. The van der Waals surface area contributed by atoms with Crippen molar-refractivity contribution in [3.05, 3.63) is 26.3 Å². The lowest BCUT2D eigenvalue weighted by Gasteiger charge is -2.19. The molecule has 20 heavy (non-hydrogen) atoms. The van der Waals surface area contributed by atoms with Crippen LogP contribution >= 0.6 is 34.2 Å². The first-order valence-corrected chi connectivity index (χ1v) is 7.79. The summed E-state index contributed by atoms with van der Waals surface area (Å²) in [5.41, 5.74) is 0.375. The largest absolute Gasteiger partial charge is 0.496 e. The molecule has 1 rings (SSSR count). The highest BCUT2D eigenvalue weighted by molar-refractivity contribution is 14.1. The van der Waals surface area contributed by atoms with Crippen LogP contribution in [0.4, 0.5) is 0 Å². The predicted octanol–water partition coefficient (Wildman–Crippen LogP) is 3.09. The summed E-state index contributed by atoms with van der Waals surface area (Å²) >= 11 is 8.13. The predicted molar refractivity (Wildman–Crippen MR) is 88.5 cm³/mol. The van der Waals surface area contributed by atoms with E-state index in [0.717, 1.165) is 3.57 Å². The van der Waals surface area contributed by atoms with E-state index in [0.29, 0.717) is 28.7 Å². The minimum absolute atomic E-state index is 0.0929. The molecule has 0 heterocycles. The molecule has 0 fully saturated rings. The van der Waals surface area contributed by atoms with Crippen molar-refractivity contribution in [1.82, 2.24) is 5.32 Å². The lowest BCUT2D eigenvalue weighted by atomic mass is 10.0. The van der Waals surface area contributed by atoms with Gasteiger partial charge in [0.15, 0.2) is 0 Å². The van der Waals surface area contributed by atoms with Gasteiger partial charge < -0.3 is 15.2 Å². The van der Waals surface area contributed by atoms with Crippen LogP contribution in [0.1, 0.15) is 30.6 Å². The summed E-state index contributed by atoms with van der Waals surface area (Å²) in [6.07, 6.45) is 0.711. The normalized spacial score (nSPS) is 12.3. The summed E-state index contributed by atoms with van der Waals surface area (Å²) in [6.45, 7) is 3.98. The van der Waals surface area contributed by atoms with Crippen LogP contribution in [0.3, 0.4) is 0 Å². The monoisotopic (exact) mass is 411 g/mol. The zero-order valence-corrected chi connectivity index (χ0v) is 14.7. The third-order valence-electron chi connectivity index (χ3n) is 2.80. The molecule has 0 spiro atoms. The number of benzene rings is 1. The Kier molecular flexibility index (Phi) is 7.05. The Morgan fingerprint density at radius 1 is 1.50 bits per heavy atom. The maximum absolute atomic E-state index is 12.3. The summed E-state index contributed by atoms with van der Waals surface area (Å²) in [7, 11) is 1.51. The van der Waals surface area contributed by atoms with Crippen LogP contribution in [-0.4, -0.2) is 30.8 Å². The summed E-state index contributed by atoms with van der Waals surface area (Å²) in [5.74, 6) is 0.562. The van der Waals surface area contributed by atoms with Gasteiger partial charge in [-0.3, -0.25) is 4.79 Å². The van der Waals surface area contributed by atoms with E-state index >= 15 is 0 Å². The molecular formula is C14H19ClINO3. The van der Waals surface area contributed by atoms with Crippen LogP contribution in [0.15, 0.2) is 12.1 Å². The van der Waals surface area contributed by atoms with Gasteiger partial charge in [-0.25, -0.2) is 0 Å². The fourth-order valence-corrected chi connectivity index (χ4v) is 2.49. The Balaban J connectivity index is 2.93. The van der Waals surface area contributed by atoms with Crippen molar-refractivity contribution in [2.75, 3.05) is 13.7 Å². The highest BCUT2D eigenvalue weighted by Crippen LogP contribution is 2.28. The van der Waals surface area contributed by atoms with Gasteiger partial charge in [0.2, 0.25) is 0 Å². The number of aliphatic hydroxyl groups is 1. The lowest BCUT2D eigenvalue weighted by Crippen LogP contribution is -2.38. The van der Waals surface area contributed by atoms with Gasteiger partial charge in [0.05, 0.1) is 30.3 Å². The van der Waals surface area contributed by atoms with Crippen LogP contribution in [0.2, 0.25) is 5.02 Å². The number of carbonyl (C=O) groups excluding carboxylic acids is 1. The van der Waals surface area contributed by atoms with Crippen LogP contribution in [0.5, 0.6) is 5.75 Å². The number of aliphatic hydroxyl groups excluding tert-OH is 1. The number of hydrogen-bond donors (Lipinski definition) is 2.